The van der Waals surface area contributed by atoms with Crippen LogP contribution in [0.3, 0.4) is 0 Å². The Hall–Kier alpha value is -2.04. The zero-order chi connectivity index (χ0) is 22.3. The molecule has 2 rings (SSSR count). The summed E-state index contributed by atoms with van der Waals surface area (Å²) < 4.78 is 0. The van der Waals surface area contributed by atoms with E-state index >= 15 is 0 Å². The van der Waals surface area contributed by atoms with E-state index in [4.69, 9.17) is 23.2 Å². The van der Waals surface area contributed by atoms with E-state index in [1.807, 2.05) is 51.1 Å². The molecule has 162 valence electrons. The summed E-state index contributed by atoms with van der Waals surface area (Å²) in [6.45, 7) is 8.72. The van der Waals surface area contributed by atoms with Crippen LogP contribution in [0, 0.1) is 12.8 Å². The van der Waals surface area contributed by atoms with Crippen molar-refractivity contribution in [3.05, 3.63) is 69.2 Å². The Labute approximate surface area is 189 Å². The molecule has 6 heteroatoms. The van der Waals surface area contributed by atoms with Gasteiger partial charge in [0.2, 0.25) is 11.8 Å². The van der Waals surface area contributed by atoms with Crippen LogP contribution < -0.4 is 5.32 Å². The number of benzene rings is 2. The second-order valence-electron chi connectivity index (χ2n) is 8.07. The fourth-order valence-electron chi connectivity index (χ4n) is 3.02. The molecule has 4 nitrogen and oxygen atoms in total. The predicted octanol–water partition coefficient (Wildman–Crippen LogP) is 5.42. The Morgan fingerprint density at radius 1 is 0.967 bits per heavy atom. The van der Waals surface area contributed by atoms with Crippen LogP contribution in [-0.2, 0) is 22.6 Å². The van der Waals surface area contributed by atoms with Crippen molar-refractivity contribution in [1.82, 2.24) is 10.2 Å². The van der Waals surface area contributed by atoms with Crippen molar-refractivity contribution in [3.8, 4) is 0 Å². The van der Waals surface area contributed by atoms with Gasteiger partial charge in [0, 0.05) is 19.5 Å². The van der Waals surface area contributed by atoms with Crippen molar-refractivity contribution in [1.29, 1.82) is 0 Å². The van der Waals surface area contributed by atoms with Crippen LogP contribution in [0.1, 0.15) is 43.9 Å². The molecule has 0 aromatic heterocycles. The third-order valence-electron chi connectivity index (χ3n) is 4.94. The van der Waals surface area contributed by atoms with Gasteiger partial charge in [0.1, 0.15) is 6.04 Å². The molecule has 0 spiro atoms. The van der Waals surface area contributed by atoms with Crippen molar-refractivity contribution in [2.45, 2.75) is 53.1 Å². The van der Waals surface area contributed by atoms with Gasteiger partial charge in [-0.25, -0.2) is 0 Å². The summed E-state index contributed by atoms with van der Waals surface area (Å²) in [5.41, 5.74) is 3.11. The van der Waals surface area contributed by atoms with Crippen LogP contribution >= 0.6 is 23.2 Å². The van der Waals surface area contributed by atoms with Gasteiger partial charge in [-0.15, -0.1) is 0 Å². The molecule has 0 aliphatic carbocycles. The Balaban J connectivity index is 2.15. The highest BCUT2D eigenvalue weighted by Gasteiger charge is 2.26. The van der Waals surface area contributed by atoms with E-state index in [-0.39, 0.29) is 11.8 Å². The van der Waals surface area contributed by atoms with Crippen LogP contribution in [0.2, 0.25) is 10.0 Å². The number of carbonyl (C=O) groups is 2. The number of nitrogens with one attached hydrogen (secondary N) is 1. The quantitative estimate of drug-likeness (QED) is 0.556. The first kappa shape index (κ1) is 24.2. The first-order valence-corrected chi connectivity index (χ1v) is 11.0. The Morgan fingerprint density at radius 3 is 2.20 bits per heavy atom. The lowest BCUT2D eigenvalue weighted by molar-refractivity contribution is -0.140. The zero-order valence-electron chi connectivity index (χ0n) is 18.0. The van der Waals surface area contributed by atoms with Gasteiger partial charge in [0.15, 0.2) is 0 Å². The molecule has 0 saturated carbocycles. The van der Waals surface area contributed by atoms with E-state index in [9.17, 15) is 9.59 Å². The highest BCUT2D eigenvalue weighted by Crippen LogP contribution is 2.24. The van der Waals surface area contributed by atoms with Crippen LogP contribution in [0.4, 0.5) is 0 Å². The number of hydrogen-bond acceptors (Lipinski definition) is 2. The predicted molar refractivity (Wildman–Crippen MR) is 124 cm³/mol. The lowest BCUT2D eigenvalue weighted by atomic mass is 10.1. The maximum absolute atomic E-state index is 13.1. The summed E-state index contributed by atoms with van der Waals surface area (Å²) in [5, 5.41) is 3.81. The maximum Gasteiger partial charge on any atom is 0.242 e. The summed E-state index contributed by atoms with van der Waals surface area (Å²) in [5.74, 6) is 0.100. The molecule has 1 atom stereocenters. The number of rotatable bonds is 9. The lowest BCUT2D eigenvalue weighted by Gasteiger charge is -2.29. The third kappa shape index (κ3) is 7.33. The number of amides is 2. The molecule has 30 heavy (non-hydrogen) atoms. The monoisotopic (exact) mass is 448 g/mol. The number of halogens is 2. The van der Waals surface area contributed by atoms with E-state index in [0.29, 0.717) is 41.9 Å². The summed E-state index contributed by atoms with van der Waals surface area (Å²) in [6, 6.07) is 12.8. The normalized spacial score (nSPS) is 12.0. The van der Waals surface area contributed by atoms with Gasteiger partial charge >= 0.3 is 0 Å². The molecule has 0 bridgehead atoms. The van der Waals surface area contributed by atoms with Crippen molar-refractivity contribution in [3.63, 3.8) is 0 Å². The van der Waals surface area contributed by atoms with E-state index in [1.54, 1.807) is 24.0 Å². The number of carbonyl (C=O) groups excluding carboxylic acids is 2. The minimum absolute atomic E-state index is 0.0751. The molecular formula is C24H30Cl2N2O2. The minimum atomic E-state index is -0.594. The first-order chi connectivity index (χ1) is 14.2. The first-order valence-electron chi connectivity index (χ1n) is 10.2. The smallest absolute Gasteiger partial charge is 0.242 e. The SMILES string of the molecule is Cc1ccc(CCC(=O)N(Cc2ccc(Cl)c(Cl)c2)C(C)C(=O)NCC(C)C)cc1. The van der Waals surface area contributed by atoms with Crippen molar-refractivity contribution >= 4 is 35.0 Å². The van der Waals surface area contributed by atoms with E-state index in [0.717, 1.165) is 11.1 Å². The Morgan fingerprint density at radius 2 is 1.60 bits per heavy atom. The summed E-state index contributed by atoms with van der Waals surface area (Å²) >= 11 is 12.2. The summed E-state index contributed by atoms with van der Waals surface area (Å²) in [7, 11) is 0. The molecule has 0 radical (unpaired) electrons. The van der Waals surface area contributed by atoms with E-state index < -0.39 is 6.04 Å². The molecule has 0 aliphatic rings. The van der Waals surface area contributed by atoms with Crippen molar-refractivity contribution in [2.75, 3.05) is 6.54 Å². The van der Waals surface area contributed by atoms with Crippen molar-refractivity contribution in [2.24, 2.45) is 5.92 Å². The minimum Gasteiger partial charge on any atom is -0.354 e. The fraction of sp³-hybridized carbons (Fsp3) is 0.417. The molecule has 0 fully saturated rings. The standard InChI is InChI=1S/C24H30Cl2N2O2/c1-16(2)14-27-24(30)18(4)28(15-20-9-11-21(25)22(26)13-20)23(29)12-10-19-7-5-17(3)6-8-19/h5-9,11,13,16,18H,10,12,14-15H2,1-4H3,(H,27,30). The van der Waals surface area contributed by atoms with Gasteiger partial charge in [-0.3, -0.25) is 9.59 Å². The molecule has 0 aliphatic heterocycles. The molecule has 0 saturated heterocycles. The highest BCUT2D eigenvalue weighted by atomic mass is 35.5. The molecule has 0 heterocycles. The van der Waals surface area contributed by atoms with Gasteiger partial charge in [-0.2, -0.15) is 0 Å². The Kier molecular flexibility index (Phi) is 9.19. The van der Waals surface area contributed by atoms with Crippen LogP contribution in [0.15, 0.2) is 42.5 Å². The number of nitrogens with zero attached hydrogens (tertiary/aromatic N) is 1. The molecule has 2 aromatic rings. The summed E-state index contributed by atoms with van der Waals surface area (Å²) in [4.78, 5) is 27.4. The fourth-order valence-corrected chi connectivity index (χ4v) is 3.34. The molecular weight excluding hydrogens is 419 g/mol. The largest absolute Gasteiger partial charge is 0.354 e. The molecule has 1 unspecified atom stereocenters. The Bertz CT molecular complexity index is 866. The number of aryl methyl sites for hydroxylation is 2. The van der Waals surface area contributed by atoms with Crippen LogP contribution in [0.5, 0.6) is 0 Å². The van der Waals surface area contributed by atoms with Gasteiger partial charge in [0.05, 0.1) is 10.0 Å². The van der Waals surface area contributed by atoms with Gasteiger partial charge in [-0.05, 0) is 49.4 Å². The topological polar surface area (TPSA) is 49.4 Å². The highest BCUT2D eigenvalue weighted by molar-refractivity contribution is 6.42. The van der Waals surface area contributed by atoms with Gasteiger partial charge < -0.3 is 10.2 Å². The second-order valence-corrected chi connectivity index (χ2v) is 8.89. The number of hydrogen-bond donors (Lipinski definition) is 1. The van der Waals surface area contributed by atoms with Crippen LogP contribution in [0.25, 0.3) is 0 Å². The lowest BCUT2D eigenvalue weighted by Crippen LogP contribution is -2.48. The third-order valence-corrected chi connectivity index (χ3v) is 5.68. The van der Waals surface area contributed by atoms with Crippen molar-refractivity contribution < 1.29 is 9.59 Å². The van der Waals surface area contributed by atoms with Crippen LogP contribution in [-0.4, -0.2) is 29.3 Å². The van der Waals surface area contributed by atoms with Gasteiger partial charge in [0.25, 0.3) is 0 Å². The zero-order valence-corrected chi connectivity index (χ0v) is 19.6. The average Bonchev–Trinajstić information content (AvgIpc) is 2.71. The van der Waals surface area contributed by atoms with E-state index in [2.05, 4.69) is 5.32 Å². The molecule has 2 amide bonds. The maximum atomic E-state index is 13.1. The molecule has 1 N–H and O–H groups in total. The summed E-state index contributed by atoms with van der Waals surface area (Å²) in [6.07, 6.45) is 0.948. The second kappa shape index (κ2) is 11.4. The molecule has 2 aromatic carbocycles. The van der Waals surface area contributed by atoms with Gasteiger partial charge in [-0.1, -0.05) is 72.9 Å². The van der Waals surface area contributed by atoms with E-state index in [1.165, 1.54) is 5.56 Å². The average molecular weight is 449 g/mol.